The summed E-state index contributed by atoms with van der Waals surface area (Å²) in [6.45, 7) is -1.05. The zero-order valence-electron chi connectivity index (χ0n) is 11.1. The van der Waals surface area contributed by atoms with E-state index in [2.05, 4.69) is 0 Å². The average molecular weight is 397 g/mol. The van der Waals surface area contributed by atoms with E-state index in [1.165, 1.54) is 0 Å². The Morgan fingerprint density at radius 2 is 1.42 bits per heavy atom. The Morgan fingerprint density at radius 3 is 1.79 bits per heavy atom. The van der Waals surface area contributed by atoms with Gasteiger partial charge in [-0.05, 0) is 12.8 Å². The van der Waals surface area contributed by atoms with Gasteiger partial charge in [-0.15, -0.1) is 0 Å². The van der Waals surface area contributed by atoms with E-state index in [1.54, 1.807) is 0 Å². The number of aliphatic carboxylic acids is 1. The molecule has 1 atom stereocenters. The molecule has 0 bridgehead atoms. The summed E-state index contributed by atoms with van der Waals surface area (Å²) in [7, 11) is -6.84. The second-order valence-electron chi connectivity index (χ2n) is 4.78. The summed E-state index contributed by atoms with van der Waals surface area (Å²) >= 11 is 0. The first-order chi connectivity index (χ1) is 10.4. The van der Waals surface area contributed by atoms with Crippen molar-refractivity contribution in [2.45, 2.75) is 42.2 Å². The van der Waals surface area contributed by atoms with Crippen LogP contribution < -0.4 is 0 Å². The van der Waals surface area contributed by atoms with Gasteiger partial charge in [0.2, 0.25) is 0 Å². The Balaban J connectivity index is 3.44. The molecule has 0 aromatic rings. The van der Waals surface area contributed by atoms with Crippen molar-refractivity contribution in [3.05, 3.63) is 0 Å². The number of nitrogens with zero attached hydrogens (tertiary/aromatic N) is 1. The van der Waals surface area contributed by atoms with Crippen molar-refractivity contribution in [1.82, 2.24) is 4.31 Å². The molecule has 15 heteroatoms. The standard InChI is InChI=1S/C9H8F9NO4S/c10-6(11,8(14,15)16)7(12,13)9(17,18)24(22,23)19-3-1-2-4(19)5(20)21/h4H,1-3H2,(H,20,21)/t4-/m0/s1. The number of hydrogen-bond donors (Lipinski definition) is 1. The van der Waals surface area contributed by atoms with Gasteiger partial charge in [-0.2, -0.15) is 43.8 Å². The molecule has 1 rings (SSSR count). The average Bonchev–Trinajstić information content (AvgIpc) is 2.86. The predicted octanol–water partition coefficient (Wildman–Crippen LogP) is 2.29. The molecule has 142 valence electrons. The maximum atomic E-state index is 13.5. The molecule has 0 aliphatic carbocycles. The van der Waals surface area contributed by atoms with Gasteiger partial charge in [0.25, 0.3) is 10.0 Å². The number of hydrogen-bond acceptors (Lipinski definition) is 3. The van der Waals surface area contributed by atoms with E-state index in [-0.39, 0.29) is 0 Å². The van der Waals surface area contributed by atoms with Crippen LogP contribution in [-0.4, -0.2) is 59.7 Å². The molecular weight excluding hydrogens is 389 g/mol. The van der Waals surface area contributed by atoms with Gasteiger partial charge in [0.05, 0.1) is 0 Å². The third-order valence-corrected chi connectivity index (χ3v) is 5.20. The van der Waals surface area contributed by atoms with Gasteiger partial charge in [0.1, 0.15) is 6.04 Å². The van der Waals surface area contributed by atoms with Crippen molar-refractivity contribution in [2.75, 3.05) is 6.54 Å². The molecule has 0 amide bonds. The Labute approximate surface area is 128 Å². The van der Waals surface area contributed by atoms with Crippen molar-refractivity contribution in [2.24, 2.45) is 0 Å². The lowest BCUT2D eigenvalue weighted by Crippen LogP contribution is -2.65. The van der Waals surface area contributed by atoms with E-state index in [9.17, 15) is 52.7 Å². The first-order valence-electron chi connectivity index (χ1n) is 5.87. The van der Waals surface area contributed by atoms with Crippen LogP contribution in [0.3, 0.4) is 0 Å². The lowest BCUT2D eigenvalue weighted by atomic mass is 10.1. The summed E-state index contributed by atoms with van der Waals surface area (Å²) in [6, 6.07) is -2.28. The van der Waals surface area contributed by atoms with Gasteiger partial charge in [-0.25, -0.2) is 8.42 Å². The van der Waals surface area contributed by atoms with Gasteiger partial charge in [-0.3, -0.25) is 4.79 Å². The molecular formula is C9H8F9NO4S. The van der Waals surface area contributed by atoms with Crippen molar-refractivity contribution in [1.29, 1.82) is 0 Å². The molecule has 0 radical (unpaired) electrons. The van der Waals surface area contributed by atoms with Crippen LogP contribution in [0, 0.1) is 0 Å². The lowest BCUT2D eigenvalue weighted by Gasteiger charge is -2.35. The van der Waals surface area contributed by atoms with Crippen molar-refractivity contribution in [3.63, 3.8) is 0 Å². The number of alkyl halides is 9. The van der Waals surface area contributed by atoms with Gasteiger partial charge in [-0.1, -0.05) is 0 Å². The van der Waals surface area contributed by atoms with Crippen LogP contribution in [0.2, 0.25) is 0 Å². The Hall–Kier alpha value is -1.25. The zero-order valence-corrected chi connectivity index (χ0v) is 11.9. The molecule has 0 unspecified atom stereocenters. The van der Waals surface area contributed by atoms with E-state index in [1.807, 2.05) is 0 Å². The highest BCUT2D eigenvalue weighted by Crippen LogP contribution is 2.55. The SMILES string of the molecule is O=C(O)[C@@H]1CCCN1S(=O)(=O)C(F)(F)C(F)(F)C(F)(F)C(F)(F)F. The summed E-state index contributed by atoms with van der Waals surface area (Å²) in [4.78, 5) is 10.7. The monoisotopic (exact) mass is 397 g/mol. The summed E-state index contributed by atoms with van der Waals surface area (Å²) in [5.41, 5.74) is 0. The number of carboxylic acid groups (broad SMARTS) is 1. The maximum Gasteiger partial charge on any atom is 0.460 e. The van der Waals surface area contributed by atoms with E-state index in [0.29, 0.717) is 0 Å². The van der Waals surface area contributed by atoms with Crippen LogP contribution in [0.5, 0.6) is 0 Å². The van der Waals surface area contributed by atoms with Crippen molar-refractivity contribution in [3.8, 4) is 0 Å². The highest BCUT2D eigenvalue weighted by Gasteiger charge is 2.86. The van der Waals surface area contributed by atoms with Crippen LogP contribution in [-0.2, 0) is 14.8 Å². The lowest BCUT2D eigenvalue weighted by molar-refractivity contribution is -0.382. The van der Waals surface area contributed by atoms with Gasteiger partial charge < -0.3 is 5.11 Å². The molecule has 1 N–H and O–H groups in total. The van der Waals surface area contributed by atoms with Crippen LogP contribution in [0.4, 0.5) is 39.5 Å². The van der Waals surface area contributed by atoms with E-state index in [4.69, 9.17) is 5.11 Å². The molecule has 0 saturated carbocycles. The number of sulfonamides is 1. The largest absolute Gasteiger partial charge is 0.480 e. The van der Waals surface area contributed by atoms with Crippen LogP contribution >= 0.6 is 0 Å². The molecule has 1 fully saturated rings. The number of carboxylic acids is 1. The Bertz CT molecular complexity index is 615. The molecule has 1 aliphatic rings. The normalized spacial score (nSPS) is 22.0. The van der Waals surface area contributed by atoms with Crippen LogP contribution in [0.15, 0.2) is 0 Å². The van der Waals surface area contributed by atoms with Crippen molar-refractivity contribution >= 4 is 16.0 Å². The minimum atomic E-state index is -7.38. The van der Waals surface area contributed by atoms with Gasteiger partial charge in [0, 0.05) is 6.54 Å². The van der Waals surface area contributed by atoms with Gasteiger partial charge in [0.15, 0.2) is 0 Å². The minimum Gasteiger partial charge on any atom is -0.480 e. The summed E-state index contributed by atoms with van der Waals surface area (Å²) in [5.74, 6) is -16.8. The molecule has 24 heavy (non-hydrogen) atoms. The fourth-order valence-corrected chi connectivity index (χ4v) is 3.59. The fourth-order valence-electron chi connectivity index (χ4n) is 1.94. The second-order valence-corrected chi connectivity index (χ2v) is 6.71. The molecule has 1 aliphatic heterocycles. The molecule has 1 heterocycles. The van der Waals surface area contributed by atoms with Crippen molar-refractivity contribution < 1.29 is 57.8 Å². The van der Waals surface area contributed by atoms with Gasteiger partial charge >= 0.3 is 29.2 Å². The third-order valence-electron chi connectivity index (χ3n) is 3.24. The summed E-state index contributed by atoms with van der Waals surface area (Å²) in [6.07, 6.45) is -8.17. The highest BCUT2D eigenvalue weighted by atomic mass is 32.2. The Morgan fingerprint density at radius 1 is 0.958 bits per heavy atom. The second kappa shape index (κ2) is 5.64. The van der Waals surface area contributed by atoms with Crippen LogP contribution in [0.25, 0.3) is 0 Å². The molecule has 1 saturated heterocycles. The summed E-state index contributed by atoms with van der Waals surface area (Å²) in [5, 5.41) is 1.73. The first-order valence-corrected chi connectivity index (χ1v) is 7.31. The minimum absolute atomic E-state index is 0.395. The van der Waals surface area contributed by atoms with E-state index < -0.39 is 69.0 Å². The summed E-state index contributed by atoms with van der Waals surface area (Å²) < 4.78 is 137. The number of rotatable bonds is 5. The Kier molecular flexibility index (Phi) is 4.89. The maximum absolute atomic E-state index is 13.5. The smallest absolute Gasteiger partial charge is 0.460 e. The predicted molar refractivity (Wildman–Crippen MR) is 57.2 cm³/mol. The molecule has 0 spiro atoms. The zero-order chi connectivity index (χ0) is 19.4. The molecule has 0 aromatic heterocycles. The highest BCUT2D eigenvalue weighted by molar-refractivity contribution is 7.90. The van der Waals surface area contributed by atoms with Crippen LogP contribution in [0.1, 0.15) is 12.8 Å². The fraction of sp³-hybridized carbons (Fsp3) is 0.889. The van der Waals surface area contributed by atoms with E-state index in [0.717, 1.165) is 0 Å². The van der Waals surface area contributed by atoms with E-state index >= 15 is 0 Å². The molecule has 0 aromatic carbocycles. The quantitative estimate of drug-likeness (QED) is 0.723. The molecule has 5 nitrogen and oxygen atoms in total. The first kappa shape index (κ1) is 20.8. The number of carbonyl (C=O) groups is 1. The number of halogens is 9. The topological polar surface area (TPSA) is 74.7 Å². The third kappa shape index (κ3) is 2.70.